The number of nitrogens with zero attached hydrogens (tertiary/aromatic N) is 2. The van der Waals surface area contributed by atoms with Crippen molar-refractivity contribution in [2.45, 2.75) is 12.5 Å². The minimum atomic E-state index is -0.445. The van der Waals surface area contributed by atoms with Gasteiger partial charge in [0.05, 0.1) is 16.1 Å². The molecule has 2 heterocycles. The summed E-state index contributed by atoms with van der Waals surface area (Å²) >= 11 is 12.0. The van der Waals surface area contributed by atoms with Crippen LogP contribution in [0.25, 0.3) is 0 Å². The van der Waals surface area contributed by atoms with E-state index < -0.39 is 6.10 Å². The molecule has 1 aromatic carbocycles. The van der Waals surface area contributed by atoms with Gasteiger partial charge in [-0.3, -0.25) is 4.98 Å². The van der Waals surface area contributed by atoms with Gasteiger partial charge in [-0.1, -0.05) is 29.3 Å². The quantitative estimate of drug-likeness (QED) is 0.925. The van der Waals surface area contributed by atoms with E-state index >= 15 is 0 Å². The third-order valence-electron chi connectivity index (χ3n) is 3.85. The number of halogens is 2. The highest BCUT2D eigenvalue weighted by Gasteiger charge is 2.29. The van der Waals surface area contributed by atoms with Gasteiger partial charge in [-0.2, -0.15) is 0 Å². The molecule has 1 saturated heterocycles. The Balaban J connectivity index is 1.55. The fraction of sp³-hybridized carbons (Fsp3) is 0.312. The van der Waals surface area contributed by atoms with Crippen LogP contribution in [0.3, 0.4) is 0 Å². The molecule has 2 aromatic rings. The smallest absolute Gasteiger partial charge is 0.0808 e. The van der Waals surface area contributed by atoms with Crippen molar-refractivity contribution in [2.24, 2.45) is 5.92 Å². The van der Waals surface area contributed by atoms with Crippen LogP contribution in [0.1, 0.15) is 18.1 Å². The van der Waals surface area contributed by atoms with E-state index in [2.05, 4.69) is 9.88 Å². The molecule has 0 radical (unpaired) electrons. The summed E-state index contributed by atoms with van der Waals surface area (Å²) in [5.74, 6) is 0.481. The second-order valence-electron chi connectivity index (χ2n) is 5.41. The highest BCUT2D eigenvalue weighted by molar-refractivity contribution is 6.42. The van der Waals surface area contributed by atoms with Gasteiger partial charge < -0.3 is 10.0 Å². The molecule has 0 amide bonds. The van der Waals surface area contributed by atoms with E-state index in [0.29, 0.717) is 16.0 Å². The highest BCUT2D eigenvalue weighted by Crippen LogP contribution is 2.33. The lowest BCUT2D eigenvalue weighted by Crippen LogP contribution is -2.47. The Labute approximate surface area is 134 Å². The average molecular weight is 323 g/mol. The number of aliphatic hydroxyl groups is 1. The van der Waals surface area contributed by atoms with Crippen molar-refractivity contribution in [3.63, 3.8) is 0 Å². The van der Waals surface area contributed by atoms with Gasteiger partial charge in [0.2, 0.25) is 0 Å². The number of hydrogen-bond acceptors (Lipinski definition) is 3. The highest BCUT2D eigenvalue weighted by atomic mass is 35.5. The first-order valence-corrected chi connectivity index (χ1v) is 7.67. The molecule has 1 fully saturated rings. The van der Waals surface area contributed by atoms with Gasteiger partial charge >= 0.3 is 0 Å². The van der Waals surface area contributed by atoms with E-state index in [1.165, 1.54) is 0 Å². The van der Waals surface area contributed by atoms with Crippen LogP contribution >= 0.6 is 23.2 Å². The first-order chi connectivity index (χ1) is 10.1. The van der Waals surface area contributed by atoms with Crippen LogP contribution in [0.15, 0.2) is 42.7 Å². The summed E-state index contributed by atoms with van der Waals surface area (Å²) in [5.41, 5.74) is 1.96. The molecule has 0 bridgehead atoms. The number of benzene rings is 1. The molecule has 1 aliphatic heterocycles. The van der Waals surface area contributed by atoms with Crippen LogP contribution in [0.4, 0.5) is 5.69 Å². The Bertz CT molecular complexity index is 615. The number of hydrogen-bond donors (Lipinski definition) is 1. The van der Waals surface area contributed by atoms with Crippen LogP contribution in [0, 0.1) is 5.92 Å². The fourth-order valence-corrected chi connectivity index (χ4v) is 2.93. The molecule has 3 rings (SSSR count). The summed E-state index contributed by atoms with van der Waals surface area (Å²) in [6.07, 6.45) is 3.74. The summed E-state index contributed by atoms with van der Waals surface area (Å²) in [6.45, 7) is 1.85. The lowest BCUT2D eigenvalue weighted by Gasteiger charge is -2.42. The predicted molar refractivity (Wildman–Crippen MR) is 86.0 cm³/mol. The topological polar surface area (TPSA) is 36.4 Å². The number of aliphatic hydroxyl groups excluding tert-OH is 1. The first kappa shape index (κ1) is 14.6. The SMILES string of the molecule is OC(CC1CN(c2ccc(Cl)c(Cl)c2)C1)c1cccnc1. The average Bonchev–Trinajstić information content (AvgIpc) is 2.46. The van der Waals surface area contributed by atoms with Crippen molar-refractivity contribution in [1.29, 1.82) is 0 Å². The van der Waals surface area contributed by atoms with Crippen molar-refractivity contribution in [1.82, 2.24) is 4.98 Å². The van der Waals surface area contributed by atoms with Crippen LogP contribution in [0.2, 0.25) is 10.0 Å². The second kappa shape index (κ2) is 6.22. The molecule has 1 atom stereocenters. The van der Waals surface area contributed by atoms with Crippen molar-refractivity contribution < 1.29 is 5.11 Å². The van der Waals surface area contributed by atoms with Crippen molar-refractivity contribution >= 4 is 28.9 Å². The number of aromatic nitrogens is 1. The van der Waals surface area contributed by atoms with Gasteiger partial charge in [-0.05, 0) is 42.2 Å². The molecular weight excluding hydrogens is 307 g/mol. The summed E-state index contributed by atoms with van der Waals surface area (Å²) in [5, 5.41) is 11.3. The Morgan fingerprint density at radius 1 is 1.24 bits per heavy atom. The third-order valence-corrected chi connectivity index (χ3v) is 4.59. The number of rotatable bonds is 4. The molecule has 5 heteroatoms. The minimum Gasteiger partial charge on any atom is -0.388 e. The van der Waals surface area contributed by atoms with Crippen molar-refractivity contribution in [2.75, 3.05) is 18.0 Å². The monoisotopic (exact) mass is 322 g/mol. The molecule has 0 saturated carbocycles. The summed E-state index contributed by atoms with van der Waals surface area (Å²) in [6, 6.07) is 9.44. The lowest BCUT2D eigenvalue weighted by atomic mass is 9.90. The molecule has 1 aromatic heterocycles. The van der Waals surface area contributed by atoms with Crippen molar-refractivity contribution in [3.05, 3.63) is 58.3 Å². The van der Waals surface area contributed by atoms with E-state index in [1.54, 1.807) is 12.4 Å². The fourth-order valence-electron chi connectivity index (χ4n) is 2.64. The zero-order chi connectivity index (χ0) is 14.8. The molecule has 110 valence electrons. The number of pyridine rings is 1. The maximum atomic E-state index is 10.2. The lowest BCUT2D eigenvalue weighted by molar-refractivity contribution is 0.134. The second-order valence-corrected chi connectivity index (χ2v) is 6.22. The van der Waals surface area contributed by atoms with Crippen LogP contribution in [-0.4, -0.2) is 23.2 Å². The first-order valence-electron chi connectivity index (χ1n) is 6.91. The van der Waals surface area contributed by atoms with Gasteiger partial charge in [0.1, 0.15) is 0 Å². The zero-order valence-corrected chi connectivity index (χ0v) is 12.9. The van der Waals surface area contributed by atoms with E-state index in [9.17, 15) is 5.11 Å². The molecular formula is C16H16Cl2N2O. The van der Waals surface area contributed by atoms with E-state index in [4.69, 9.17) is 23.2 Å². The third kappa shape index (κ3) is 3.31. The van der Waals surface area contributed by atoms with Gasteiger partial charge in [-0.25, -0.2) is 0 Å². The largest absolute Gasteiger partial charge is 0.388 e. The normalized spacial score (nSPS) is 16.6. The Hall–Kier alpha value is -1.29. The summed E-state index contributed by atoms with van der Waals surface area (Å²) < 4.78 is 0. The number of anilines is 1. The minimum absolute atomic E-state index is 0.445. The van der Waals surface area contributed by atoms with Gasteiger partial charge in [0, 0.05) is 31.2 Å². The molecule has 0 aliphatic carbocycles. The maximum Gasteiger partial charge on any atom is 0.0808 e. The summed E-state index contributed by atoms with van der Waals surface area (Å²) in [4.78, 5) is 6.28. The molecule has 1 unspecified atom stereocenters. The maximum absolute atomic E-state index is 10.2. The Morgan fingerprint density at radius 3 is 2.71 bits per heavy atom. The summed E-state index contributed by atoms with van der Waals surface area (Å²) in [7, 11) is 0. The van der Waals surface area contributed by atoms with Crippen LogP contribution < -0.4 is 4.90 Å². The van der Waals surface area contributed by atoms with E-state index in [0.717, 1.165) is 30.8 Å². The molecule has 1 N–H and O–H groups in total. The van der Waals surface area contributed by atoms with Gasteiger partial charge in [0.15, 0.2) is 0 Å². The van der Waals surface area contributed by atoms with Gasteiger partial charge in [0.25, 0.3) is 0 Å². The molecule has 21 heavy (non-hydrogen) atoms. The van der Waals surface area contributed by atoms with Gasteiger partial charge in [-0.15, -0.1) is 0 Å². The zero-order valence-electron chi connectivity index (χ0n) is 11.4. The van der Waals surface area contributed by atoms with Crippen molar-refractivity contribution in [3.8, 4) is 0 Å². The molecule has 0 spiro atoms. The Kier molecular flexibility index (Phi) is 4.34. The molecule has 3 nitrogen and oxygen atoms in total. The predicted octanol–water partition coefficient (Wildman–Crippen LogP) is 3.95. The van der Waals surface area contributed by atoms with E-state index in [-0.39, 0.29) is 0 Å². The molecule has 1 aliphatic rings. The van der Waals surface area contributed by atoms with E-state index in [1.807, 2.05) is 30.3 Å². The van der Waals surface area contributed by atoms with Crippen LogP contribution in [-0.2, 0) is 0 Å². The van der Waals surface area contributed by atoms with Crippen LogP contribution in [0.5, 0.6) is 0 Å². The Morgan fingerprint density at radius 2 is 2.05 bits per heavy atom. The standard InChI is InChI=1S/C16H16Cl2N2O/c17-14-4-3-13(7-15(14)18)20-9-11(10-20)6-16(21)12-2-1-5-19-8-12/h1-5,7-8,11,16,21H,6,9-10H2.